The minimum absolute atomic E-state index is 0.0745. The number of rotatable bonds is 3. The van der Waals surface area contributed by atoms with E-state index in [9.17, 15) is 19.3 Å². The molecule has 0 saturated carbocycles. The van der Waals surface area contributed by atoms with Crippen molar-refractivity contribution in [2.24, 2.45) is 0 Å². The predicted octanol–water partition coefficient (Wildman–Crippen LogP) is 4.79. The van der Waals surface area contributed by atoms with Gasteiger partial charge >= 0.3 is 0 Å². The average molecular weight is 395 g/mol. The van der Waals surface area contributed by atoms with Crippen LogP contribution in [0, 0.1) is 15.9 Å². The Morgan fingerprint density at radius 3 is 2.72 bits per heavy atom. The molecule has 0 atom stereocenters. The van der Waals surface area contributed by atoms with Gasteiger partial charge < -0.3 is 0 Å². The lowest BCUT2D eigenvalue weighted by Gasteiger charge is -2.14. The second kappa shape index (κ2) is 6.91. The maximum absolute atomic E-state index is 13.3. The molecular formula is C16H8ClFN2O3S2. The Morgan fingerprint density at radius 1 is 1.28 bits per heavy atom. The van der Waals surface area contributed by atoms with Crippen molar-refractivity contribution in [1.82, 2.24) is 0 Å². The normalized spacial score (nSPS) is 15.9. The molecule has 1 amide bonds. The van der Waals surface area contributed by atoms with E-state index in [-0.39, 0.29) is 15.0 Å². The molecule has 1 heterocycles. The molecule has 9 heteroatoms. The summed E-state index contributed by atoms with van der Waals surface area (Å²) in [7, 11) is 0. The number of carbonyl (C=O) groups excluding carboxylic acids is 1. The number of halogens is 2. The van der Waals surface area contributed by atoms with Gasteiger partial charge in [0.1, 0.15) is 5.82 Å². The Morgan fingerprint density at radius 2 is 2.04 bits per heavy atom. The molecule has 5 nitrogen and oxygen atoms in total. The van der Waals surface area contributed by atoms with E-state index in [0.717, 1.165) is 17.8 Å². The highest BCUT2D eigenvalue weighted by Gasteiger charge is 2.33. The molecule has 2 aromatic carbocycles. The summed E-state index contributed by atoms with van der Waals surface area (Å²) >= 11 is 12.0. The van der Waals surface area contributed by atoms with Crippen molar-refractivity contribution in [3.63, 3.8) is 0 Å². The summed E-state index contributed by atoms with van der Waals surface area (Å²) in [6.45, 7) is 0. The Labute approximate surface area is 156 Å². The smallest absolute Gasteiger partial charge is 0.268 e. The van der Waals surface area contributed by atoms with E-state index in [1.54, 1.807) is 6.07 Å². The van der Waals surface area contributed by atoms with Crippen LogP contribution in [-0.2, 0) is 4.79 Å². The Kier molecular flexibility index (Phi) is 4.85. The lowest BCUT2D eigenvalue weighted by molar-refractivity contribution is -0.384. The molecule has 25 heavy (non-hydrogen) atoms. The van der Waals surface area contributed by atoms with Gasteiger partial charge in [0.2, 0.25) is 0 Å². The minimum Gasteiger partial charge on any atom is -0.268 e. The molecule has 1 saturated heterocycles. The summed E-state index contributed by atoms with van der Waals surface area (Å²) in [5.74, 6) is -0.993. The number of thioether (sulfide) groups is 1. The van der Waals surface area contributed by atoms with Crippen LogP contribution in [0.4, 0.5) is 15.8 Å². The van der Waals surface area contributed by atoms with Crippen LogP contribution in [0.1, 0.15) is 5.56 Å². The summed E-state index contributed by atoms with van der Waals surface area (Å²) < 4.78 is 13.6. The predicted molar refractivity (Wildman–Crippen MR) is 100 cm³/mol. The zero-order valence-corrected chi connectivity index (χ0v) is 14.7. The van der Waals surface area contributed by atoms with Crippen LogP contribution in [0.3, 0.4) is 0 Å². The maximum atomic E-state index is 13.3. The van der Waals surface area contributed by atoms with Crippen molar-refractivity contribution in [3.8, 4) is 0 Å². The quantitative estimate of drug-likeness (QED) is 0.324. The highest BCUT2D eigenvalue weighted by molar-refractivity contribution is 8.27. The van der Waals surface area contributed by atoms with E-state index in [0.29, 0.717) is 16.2 Å². The van der Waals surface area contributed by atoms with Crippen molar-refractivity contribution in [2.45, 2.75) is 0 Å². The third-order valence-electron chi connectivity index (χ3n) is 3.33. The van der Waals surface area contributed by atoms with Crippen molar-refractivity contribution < 1.29 is 14.1 Å². The summed E-state index contributed by atoms with van der Waals surface area (Å²) in [6.07, 6.45) is 1.53. The zero-order chi connectivity index (χ0) is 18.1. The van der Waals surface area contributed by atoms with Crippen molar-refractivity contribution >= 4 is 63.3 Å². The number of non-ortho nitro benzene ring substituents is 1. The summed E-state index contributed by atoms with van der Waals surface area (Å²) in [5, 5.41) is 10.7. The molecular weight excluding hydrogens is 387 g/mol. The van der Waals surface area contributed by atoms with Gasteiger partial charge in [0, 0.05) is 12.1 Å². The average Bonchev–Trinajstić information content (AvgIpc) is 2.84. The molecule has 0 bridgehead atoms. The number of nitro benzene ring substituents is 1. The molecule has 0 aromatic heterocycles. The van der Waals surface area contributed by atoms with E-state index in [1.807, 2.05) is 0 Å². The van der Waals surface area contributed by atoms with Crippen LogP contribution in [-0.4, -0.2) is 15.2 Å². The third kappa shape index (κ3) is 3.55. The van der Waals surface area contributed by atoms with Crippen LogP contribution < -0.4 is 4.90 Å². The highest BCUT2D eigenvalue weighted by atomic mass is 35.5. The highest BCUT2D eigenvalue weighted by Crippen LogP contribution is 2.37. The monoisotopic (exact) mass is 394 g/mol. The summed E-state index contributed by atoms with van der Waals surface area (Å²) in [4.78, 5) is 24.5. The van der Waals surface area contributed by atoms with Crippen molar-refractivity contribution in [2.75, 3.05) is 4.90 Å². The standard InChI is InChI=1S/C16H8ClFN2O3S2/c17-12-8-10(4-5-13(12)18)19-15(21)14(25-16(19)24)7-9-2-1-3-11(6-9)20(22)23/h1-8H/b14-7+. The molecule has 0 aliphatic carbocycles. The number of thiocarbonyl (C=S) groups is 1. The number of hydrogen-bond donors (Lipinski definition) is 0. The van der Waals surface area contributed by atoms with E-state index >= 15 is 0 Å². The molecule has 1 aliphatic heterocycles. The Bertz CT molecular complexity index is 949. The van der Waals surface area contributed by atoms with E-state index < -0.39 is 16.6 Å². The van der Waals surface area contributed by atoms with Gasteiger partial charge in [-0.05, 0) is 29.8 Å². The van der Waals surface area contributed by atoms with Crippen LogP contribution in [0.5, 0.6) is 0 Å². The molecule has 2 aromatic rings. The van der Waals surface area contributed by atoms with Crippen molar-refractivity contribution in [1.29, 1.82) is 0 Å². The van der Waals surface area contributed by atoms with E-state index in [2.05, 4.69) is 0 Å². The lowest BCUT2D eigenvalue weighted by Crippen LogP contribution is -2.27. The second-order valence-electron chi connectivity index (χ2n) is 4.97. The van der Waals surface area contributed by atoms with Gasteiger partial charge in [0.05, 0.1) is 20.5 Å². The van der Waals surface area contributed by atoms with Crippen molar-refractivity contribution in [3.05, 3.63) is 73.9 Å². The first-order valence-electron chi connectivity index (χ1n) is 6.84. The van der Waals surface area contributed by atoms with Crippen LogP contribution in [0.15, 0.2) is 47.4 Å². The first-order valence-corrected chi connectivity index (χ1v) is 8.44. The maximum Gasteiger partial charge on any atom is 0.270 e. The fourth-order valence-electron chi connectivity index (χ4n) is 2.19. The number of hydrogen-bond acceptors (Lipinski definition) is 5. The molecule has 126 valence electrons. The molecule has 0 radical (unpaired) electrons. The Hall–Kier alpha value is -2.29. The first kappa shape index (κ1) is 17.5. The largest absolute Gasteiger partial charge is 0.270 e. The van der Waals surface area contributed by atoms with E-state index in [4.69, 9.17) is 23.8 Å². The van der Waals surface area contributed by atoms with Gasteiger partial charge in [-0.2, -0.15) is 0 Å². The Balaban J connectivity index is 1.94. The van der Waals surface area contributed by atoms with Gasteiger partial charge in [0.25, 0.3) is 11.6 Å². The minimum atomic E-state index is -0.594. The number of carbonyl (C=O) groups is 1. The number of amides is 1. The molecule has 1 aliphatic rings. The topological polar surface area (TPSA) is 63.4 Å². The van der Waals surface area contributed by atoms with Gasteiger partial charge in [-0.3, -0.25) is 19.8 Å². The number of nitro groups is 1. The van der Waals surface area contributed by atoms with Gasteiger partial charge in [-0.15, -0.1) is 0 Å². The van der Waals surface area contributed by atoms with E-state index in [1.165, 1.54) is 41.3 Å². The third-order valence-corrected chi connectivity index (χ3v) is 4.93. The number of benzene rings is 2. The SMILES string of the molecule is O=C1/C(=C\c2cccc([N+](=O)[O-])c2)SC(=S)N1c1ccc(F)c(Cl)c1. The summed E-state index contributed by atoms with van der Waals surface area (Å²) in [5.41, 5.74) is 0.790. The number of nitrogens with zero attached hydrogens (tertiary/aromatic N) is 2. The molecule has 0 unspecified atom stereocenters. The van der Waals surface area contributed by atoms with Gasteiger partial charge in [-0.1, -0.05) is 47.7 Å². The first-order chi connectivity index (χ1) is 11.9. The summed E-state index contributed by atoms with van der Waals surface area (Å²) in [6, 6.07) is 9.78. The molecule has 0 spiro atoms. The van der Waals surface area contributed by atoms with Gasteiger partial charge in [-0.25, -0.2) is 4.39 Å². The zero-order valence-electron chi connectivity index (χ0n) is 12.3. The van der Waals surface area contributed by atoms with Crippen LogP contribution in [0.25, 0.3) is 6.08 Å². The second-order valence-corrected chi connectivity index (χ2v) is 7.05. The fourth-order valence-corrected chi connectivity index (χ4v) is 3.67. The van der Waals surface area contributed by atoms with Gasteiger partial charge in [0.15, 0.2) is 4.32 Å². The molecule has 1 fully saturated rings. The van der Waals surface area contributed by atoms with Crippen LogP contribution in [0.2, 0.25) is 5.02 Å². The fraction of sp³-hybridized carbons (Fsp3) is 0. The molecule has 3 rings (SSSR count). The number of anilines is 1. The van der Waals surface area contributed by atoms with Crippen LogP contribution >= 0.6 is 35.6 Å². The molecule has 0 N–H and O–H groups in total. The lowest BCUT2D eigenvalue weighted by atomic mass is 10.2.